The van der Waals surface area contributed by atoms with E-state index in [1.54, 1.807) is 0 Å². The summed E-state index contributed by atoms with van der Waals surface area (Å²) in [6, 6.07) is 17.6. The number of anilines is 1. The van der Waals surface area contributed by atoms with Crippen molar-refractivity contribution in [1.29, 1.82) is 0 Å². The maximum Gasteiger partial charge on any atom is 0.262 e. The third-order valence-electron chi connectivity index (χ3n) is 4.63. The van der Waals surface area contributed by atoms with Crippen LogP contribution in [0.15, 0.2) is 54.6 Å². The zero-order valence-electron chi connectivity index (χ0n) is 16.5. The Hall–Kier alpha value is -3.12. The van der Waals surface area contributed by atoms with Crippen molar-refractivity contribution in [3.8, 4) is 5.75 Å². The highest BCUT2D eigenvalue weighted by atomic mass is 32.1. The zero-order valence-corrected chi connectivity index (χ0v) is 17.3. The average Bonchev–Trinajstić information content (AvgIpc) is 3.02. The highest BCUT2D eigenvalue weighted by molar-refractivity contribution is 7.17. The number of rotatable bonds is 8. The Morgan fingerprint density at radius 3 is 2.48 bits per heavy atom. The normalized spacial score (nSPS) is 10.6. The summed E-state index contributed by atoms with van der Waals surface area (Å²) in [6.07, 6.45) is 1.57. The van der Waals surface area contributed by atoms with Crippen molar-refractivity contribution in [1.82, 2.24) is 0 Å². The van der Waals surface area contributed by atoms with Gasteiger partial charge in [0.05, 0.1) is 5.56 Å². The van der Waals surface area contributed by atoms with Gasteiger partial charge in [0.15, 0.2) is 6.61 Å². The summed E-state index contributed by atoms with van der Waals surface area (Å²) in [5.74, 6) is -0.242. The molecule has 0 bridgehead atoms. The van der Waals surface area contributed by atoms with Crippen molar-refractivity contribution < 1.29 is 14.3 Å². The maximum atomic E-state index is 12.4. The van der Waals surface area contributed by atoms with E-state index in [4.69, 9.17) is 10.5 Å². The molecule has 5 nitrogen and oxygen atoms in total. The topological polar surface area (TPSA) is 81.4 Å². The largest absolute Gasteiger partial charge is 0.484 e. The first kappa shape index (κ1) is 20.6. The Bertz CT molecular complexity index is 1010. The Labute approximate surface area is 174 Å². The number of hydrogen-bond donors (Lipinski definition) is 2. The number of nitrogens with two attached hydrogens (primary N) is 1. The molecule has 3 rings (SSSR count). The number of hydrogen-bond acceptors (Lipinski definition) is 4. The van der Waals surface area contributed by atoms with Crippen LogP contribution in [0, 0.1) is 6.92 Å². The van der Waals surface area contributed by atoms with Gasteiger partial charge in [-0.05, 0) is 42.2 Å². The van der Waals surface area contributed by atoms with E-state index in [0.717, 1.165) is 28.0 Å². The van der Waals surface area contributed by atoms with E-state index in [1.165, 1.54) is 11.3 Å². The van der Waals surface area contributed by atoms with Crippen LogP contribution < -0.4 is 15.8 Å². The molecule has 1 aromatic heterocycles. The lowest BCUT2D eigenvalue weighted by atomic mass is 10.1. The molecule has 0 saturated heterocycles. The zero-order chi connectivity index (χ0) is 20.8. The molecule has 0 spiro atoms. The van der Waals surface area contributed by atoms with Crippen molar-refractivity contribution in [2.45, 2.75) is 26.7 Å². The fourth-order valence-electron chi connectivity index (χ4n) is 3.06. The molecule has 2 amide bonds. The van der Waals surface area contributed by atoms with Gasteiger partial charge in [-0.1, -0.05) is 49.4 Å². The van der Waals surface area contributed by atoms with E-state index in [0.29, 0.717) is 22.7 Å². The van der Waals surface area contributed by atoms with E-state index in [9.17, 15) is 9.59 Å². The molecule has 0 aliphatic heterocycles. The SMILES string of the molecule is CCc1cccc(OCC(=O)Nc2sc(Cc3ccccc3)c(C)c2C(N)=O)c1. The number of benzene rings is 2. The van der Waals surface area contributed by atoms with Crippen LogP contribution in [0.2, 0.25) is 0 Å². The fourth-order valence-corrected chi connectivity index (χ4v) is 4.32. The number of nitrogens with one attached hydrogen (secondary N) is 1. The molecule has 0 radical (unpaired) electrons. The fraction of sp³-hybridized carbons (Fsp3) is 0.217. The molecule has 0 aliphatic rings. The number of carbonyl (C=O) groups is 2. The van der Waals surface area contributed by atoms with Gasteiger partial charge in [-0.15, -0.1) is 11.3 Å². The first-order valence-corrected chi connectivity index (χ1v) is 10.3. The number of aryl methyl sites for hydroxylation is 1. The molecule has 0 unspecified atom stereocenters. The lowest BCUT2D eigenvalue weighted by molar-refractivity contribution is -0.118. The van der Waals surface area contributed by atoms with Crippen LogP contribution in [0.4, 0.5) is 5.00 Å². The third-order valence-corrected chi connectivity index (χ3v) is 5.84. The van der Waals surface area contributed by atoms with Gasteiger partial charge in [0.1, 0.15) is 10.8 Å². The molecule has 0 aliphatic carbocycles. The average molecular weight is 409 g/mol. The summed E-state index contributed by atoms with van der Waals surface area (Å²) in [4.78, 5) is 25.4. The van der Waals surface area contributed by atoms with Crippen LogP contribution >= 0.6 is 11.3 Å². The Morgan fingerprint density at radius 1 is 1.07 bits per heavy atom. The maximum absolute atomic E-state index is 12.4. The quantitative estimate of drug-likeness (QED) is 0.582. The van der Waals surface area contributed by atoms with Crippen molar-refractivity contribution in [3.05, 3.63) is 81.7 Å². The molecule has 29 heavy (non-hydrogen) atoms. The molecular weight excluding hydrogens is 384 g/mol. The Kier molecular flexibility index (Phi) is 6.67. The van der Waals surface area contributed by atoms with Gasteiger partial charge in [-0.2, -0.15) is 0 Å². The number of amides is 2. The summed E-state index contributed by atoms with van der Waals surface area (Å²) < 4.78 is 5.59. The molecule has 0 atom stereocenters. The molecule has 150 valence electrons. The van der Waals surface area contributed by atoms with E-state index in [2.05, 4.69) is 12.2 Å². The second-order valence-electron chi connectivity index (χ2n) is 6.72. The Balaban J connectivity index is 1.72. The van der Waals surface area contributed by atoms with Gasteiger partial charge in [-0.25, -0.2) is 0 Å². The van der Waals surface area contributed by atoms with Gasteiger partial charge in [-0.3, -0.25) is 9.59 Å². The molecule has 3 N–H and O–H groups in total. The van der Waals surface area contributed by atoms with Crippen LogP contribution in [-0.2, 0) is 17.6 Å². The van der Waals surface area contributed by atoms with Crippen molar-refractivity contribution >= 4 is 28.2 Å². The summed E-state index contributed by atoms with van der Waals surface area (Å²) in [6.45, 7) is 3.77. The standard InChI is InChI=1S/C23H24N2O3S/c1-3-16-10-7-11-18(12-16)28-14-20(26)25-23-21(22(24)27)15(2)19(29-23)13-17-8-5-4-6-9-17/h4-12H,3,13-14H2,1-2H3,(H2,24,27)(H,25,26). The van der Waals surface area contributed by atoms with E-state index in [1.807, 2.05) is 61.5 Å². The number of thiophene rings is 1. The Morgan fingerprint density at radius 2 is 1.79 bits per heavy atom. The van der Waals surface area contributed by atoms with Gasteiger partial charge in [0.2, 0.25) is 0 Å². The van der Waals surface area contributed by atoms with E-state index in [-0.39, 0.29) is 12.5 Å². The van der Waals surface area contributed by atoms with Gasteiger partial charge < -0.3 is 15.8 Å². The lowest BCUT2D eigenvalue weighted by Crippen LogP contribution is -2.22. The molecule has 0 saturated carbocycles. The van der Waals surface area contributed by atoms with Crippen LogP contribution in [0.1, 0.15) is 38.8 Å². The van der Waals surface area contributed by atoms with Crippen LogP contribution in [-0.4, -0.2) is 18.4 Å². The molecule has 3 aromatic rings. The summed E-state index contributed by atoms with van der Waals surface area (Å²) in [5, 5.41) is 3.26. The molecule has 1 heterocycles. The lowest BCUT2D eigenvalue weighted by Gasteiger charge is -2.08. The minimum atomic E-state index is -0.551. The van der Waals surface area contributed by atoms with Crippen LogP contribution in [0.3, 0.4) is 0 Å². The molecule has 2 aromatic carbocycles. The number of primary amides is 1. The minimum Gasteiger partial charge on any atom is -0.484 e. The first-order chi connectivity index (χ1) is 14.0. The monoisotopic (exact) mass is 408 g/mol. The molecule has 0 fully saturated rings. The predicted octanol–water partition coefficient (Wildman–Crippen LogP) is 4.33. The van der Waals surface area contributed by atoms with Gasteiger partial charge in [0, 0.05) is 11.3 Å². The number of carbonyl (C=O) groups excluding carboxylic acids is 2. The highest BCUT2D eigenvalue weighted by Gasteiger charge is 2.21. The second-order valence-corrected chi connectivity index (χ2v) is 7.82. The summed E-state index contributed by atoms with van der Waals surface area (Å²) in [7, 11) is 0. The molecular formula is C23H24N2O3S. The van der Waals surface area contributed by atoms with Crippen molar-refractivity contribution in [2.75, 3.05) is 11.9 Å². The van der Waals surface area contributed by atoms with Crippen molar-refractivity contribution in [3.63, 3.8) is 0 Å². The van der Waals surface area contributed by atoms with E-state index >= 15 is 0 Å². The van der Waals surface area contributed by atoms with Gasteiger partial charge in [0.25, 0.3) is 11.8 Å². The smallest absolute Gasteiger partial charge is 0.262 e. The van der Waals surface area contributed by atoms with Crippen LogP contribution in [0.25, 0.3) is 0 Å². The third kappa shape index (κ3) is 5.23. The first-order valence-electron chi connectivity index (χ1n) is 9.45. The summed E-state index contributed by atoms with van der Waals surface area (Å²) >= 11 is 1.38. The van der Waals surface area contributed by atoms with Crippen LogP contribution in [0.5, 0.6) is 5.75 Å². The summed E-state index contributed by atoms with van der Waals surface area (Å²) in [5.41, 5.74) is 9.01. The van der Waals surface area contributed by atoms with Gasteiger partial charge >= 0.3 is 0 Å². The predicted molar refractivity (Wildman–Crippen MR) is 117 cm³/mol. The number of ether oxygens (including phenoxy) is 1. The van der Waals surface area contributed by atoms with E-state index < -0.39 is 5.91 Å². The van der Waals surface area contributed by atoms with Crippen molar-refractivity contribution in [2.24, 2.45) is 5.73 Å². The minimum absolute atomic E-state index is 0.143. The molecule has 6 heteroatoms. The highest BCUT2D eigenvalue weighted by Crippen LogP contribution is 2.34. The second kappa shape index (κ2) is 9.39.